The minimum Gasteiger partial charge on any atom is -0.487 e. The number of carbonyl (C=O) groups excluding carboxylic acids is 1. The molecule has 0 bridgehead atoms. The summed E-state index contributed by atoms with van der Waals surface area (Å²) in [4.78, 5) is 16.9. The van der Waals surface area contributed by atoms with Crippen molar-refractivity contribution in [3.8, 4) is 5.75 Å². The van der Waals surface area contributed by atoms with Crippen molar-refractivity contribution in [2.45, 2.75) is 46.3 Å². The number of hydrogen-bond donors (Lipinski definition) is 1. The summed E-state index contributed by atoms with van der Waals surface area (Å²) in [6, 6.07) is 13.1. The molecule has 32 heavy (non-hydrogen) atoms. The van der Waals surface area contributed by atoms with Gasteiger partial charge in [0.25, 0.3) is 5.91 Å². The smallest absolute Gasteiger partial charge is 0.273 e. The van der Waals surface area contributed by atoms with Crippen LogP contribution in [-0.4, -0.2) is 45.4 Å². The van der Waals surface area contributed by atoms with Crippen LogP contribution in [0.1, 0.15) is 48.6 Å². The Morgan fingerprint density at radius 2 is 1.94 bits per heavy atom. The largest absolute Gasteiger partial charge is 0.487 e. The van der Waals surface area contributed by atoms with E-state index in [9.17, 15) is 4.79 Å². The van der Waals surface area contributed by atoms with Crippen LogP contribution in [-0.2, 0) is 22.6 Å². The van der Waals surface area contributed by atoms with E-state index in [1.165, 1.54) is 0 Å². The van der Waals surface area contributed by atoms with E-state index in [1.54, 1.807) is 17.1 Å². The van der Waals surface area contributed by atoms with E-state index < -0.39 is 6.29 Å². The molecule has 1 N–H and O–H groups in total. The van der Waals surface area contributed by atoms with Gasteiger partial charge in [-0.05, 0) is 50.6 Å². The van der Waals surface area contributed by atoms with Crippen molar-refractivity contribution >= 4 is 5.91 Å². The molecule has 0 aliphatic carbocycles. The third-order valence-electron chi connectivity index (χ3n) is 4.63. The number of benzene rings is 1. The van der Waals surface area contributed by atoms with Crippen LogP contribution in [0.2, 0.25) is 0 Å². The van der Waals surface area contributed by atoms with E-state index in [-0.39, 0.29) is 17.6 Å². The molecule has 1 atom stereocenters. The summed E-state index contributed by atoms with van der Waals surface area (Å²) in [7, 11) is 0. The highest BCUT2D eigenvalue weighted by Gasteiger charge is 2.17. The molecule has 2 heterocycles. The van der Waals surface area contributed by atoms with E-state index in [0.29, 0.717) is 32.1 Å². The van der Waals surface area contributed by atoms with Crippen LogP contribution in [0.4, 0.5) is 0 Å². The van der Waals surface area contributed by atoms with Gasteiger partial charge in [-0.1, -0.05) is 23.4 Å². The molecule has 1 unspecified atom stereocenters. The van der Waals surface area contributed by atoms with Crippen LogP contribution in [0.3, 0.4) is 0 Å². The van der Waals surface area contributed by atoms with Gasteiger partial charge in [-0.25, -0.2) is 4.68 Å². The minimum absolute atomic E-state index is 0.228. The van der Waals surface area contributed by atoms with E-state index in [2.05, 4.69) is 20.6 Å². The predicted molar refractivity (Wildman–Crippen MR) is 118 cm³/mol. The Morgan fingerprint density at radius 1 is 1.12 bits per heavy atom. The van der Waals surface area contributed by atoms with Crippen LogP contribution in [0.25, 0.3) is 0 Å². The van der Waals surface area contributed by atoms with E-state index in [0.717, 1.165) is 11.3 Å². The molecule has 0 radical (unpaired) electrons. The Morgan fingerprint density at radius 3 is 2.66 bits per heavy atom. The third kappa shape index (κ3) is 6.86. The lowest BCUT2D eigenvalue weighted by atomic mass is 10.1. The molecule has 0 aliphatic rings. The maximum atomic E-state index is 12.6. The molecule has 1 aromatic carbocycles. The van der Waals surface area contributed by atoms with Gasteiger partial charge in [0, 0.05) is 19.4 Å². The first-order chi connectivity index (χ1) is 15.6. The van der Waals surface area contributed by atoms with Gasteiger partial charge >= 0.3 is 0 Å². The number of nitrogens with one attached hydrogen (secondary N) is 1. The predicted octanol–water partition coefficient (Wildman–Crippen LogP) is 3.14. The molecule has 2 aromatic heterocycles. The summed E-state index contributed by atoms with van der Waals surface area (Å²) in [5.41, 5.74) is 1.99. The fourth-order valence-electron chi connectivity index (χ4n) is 3.04. The average molecular weight is 440 g/mol. The van der Waals surface area contributed by atoms with Crippen molar-refractivity contribution in [1.82, 2.24) is 25.3 Å². The molecule has 1 amide bonds. The van der Waals surface area contributed by atoms with Crippen LogP contribution in [0.15, 0.2) is 54.9 Å². The first-order valence-electron chi connectivity index (χ1n) is 10.7. The normalized spacial score (nSPS) is 12.0. The first kappa shape index (κ1) is 23.4. The molecule has 3 aromatic rings. The molecule has 0 fully saturated rings. The average Bonchev–Trinajstić information content (AvgIpc) is 3.27. The van der Waals surface area contributed by atoms with Gasteiger partial charge in [-0.15, -0.1) is 5.10 Å². The van der Waals surface area contributed by atoms with Crippen molar-refractivity contribution in [2.75, 3.05) is 13.2 Å². The van der Waals surface area contributed by atoms with Gasteiger partial charge in [0.15, 0.2) is 12.0 Å². The van der Waals surface area contributed by atoms with Gasteiger partial charge in [0.2, 0.25) is 0 Å². The Balaban J connectivity index is 1.57. The Hall–Kier alpha value is -3.30. The van der Waals surface area contributed by atoms with Crippen LogP contribution < -0.4 is 10.1 Å². The topological polar surface area (TPSA) is 100 Å². The molecule has 0 spiro atoms. The molecule has 9 heteroatoms. The highest BCUT2D eigenvalue weighted by atomic mass is 16.7. The summed E-state index contributed by atoms with van der Waals surface area (Å²) in [6.45, 7) is 7.47. The minimum atomic E-state index is -0.435. The SMILES string of the molecule is CCOC(Cn1cc(C(=O)NC(C)c2cccc(OCc3ccccn3)c2)nn1)OCC. The van der Waals surface area contributed by atoms with Crippen LogP contribution in [0.5, 0.6) is 5.75 Å². The van der Waals surface area contributed by atoms with Gasteiger partial charge in [-0.3, -0.25) is 9.78 Å². The number of rotatable bonds is 12. The third-order valence-corrected chi connectivity index (χ3v) is 4.63. The van der Waals surface area contributed by atoms with Crippen molar-refractivity contribution in [2.24, 2.45) is 0 Å². The molecule has 3 rings (SSSR count). The number of carbonyl (C=O) groups is 1. The maximum absolute atomic E-state index is 12.6. The summed E-state index contributed by atoms with van der Waals surface area (Å²) in [5.74, 6) is 0.394. The molecule has 0 saturated carbocycles. The quantitative estimate of drug-likeness (QED) is 0.433. The molecule has 170 valence electrons. The van der Waals surface area contributed by atoms with Gasteiger partial charge in [0.1, 0.15) is 12.4 Å². The van der Waals surface area contributed by atoms with Crippen molar-refractivity contribution in [3.05, 3.63) is 71.8 Å². The second-order valence-electron chi connectivity index (χ2n) is 7.04. The molecular weight excluding hydrogens is 410 g/mol. The van der Waals surface area contributed by atoms with Crippen LogP contribution in [0, 0.1) is 0 Å². The summed E-state index contributed by atoms with van der Waals surface area (Å²) >= 11 is 0. The highest BCUT2D eigenvalue weighted by molar-refractivity contribution is 5.92. The Labute approximate surface area is 187 Å². The van der Waals surface area contributed by atoms with Gasteiger partial charge in [0.05, 0.1) is 24.5 Å². The monoisotopic (exact) mass is 439 g/mol. The standard InChI is InChI=1S/C23H29N5O4/c1-4-30-22(31-5-2)15-28-14-21(26-27-28)23(29)25-17(3)18-9-8-11-20(13-18)32-16-19-10-6-7-12-24-19/h6-14,17,22H,4-5,15-16H2,1-3H3,(H,25,29). The second kappa shape index (κ2) is 11.9. The number of ether oxygens (including phenoxy) is 3. The second-order valence-corrected chi connectivity index (χ2v) is 7.04. The number of amides is 1. The molecule has 9 nitrogen and oxygen atoms in total. The van der Waals surface area contributed by atoms with E-state index >= 15 is 0 Å². The Bertz CT molecular complexity index is 973. The highest BCUT2D eigenvalue weighted by Crippen LogP contribution is 2.20. The molecule has 0 saturated heterocycles. The fraction of sp³-hybridized carbons (Fsp3) is 0.391. The lowest BCUT2D eigenvalue weighted by Crippen LogP contribution is -2.27. The number of pyridine rings is 1. The lowest BCUT2D eigenvalue weighted by molar-refractivity contribution is -0.145. The van der Waals surface area contributed by atoms with Crippen LogP contribution >= 0.6 is 0 Å². The Kier molecular flexibility index (Phi) is 8.70. The number of hydrogen-bond acceptors (Lipinski definition) is 7. The van der Waals surface area contributed by atoms with Crippen molar-refractivity contribution in [1.29, 1.82) is 0 Å². The maximum Gasteiger partial charge on any atom is 0.273 e. The van der Waals surface area contributed by atoms with E-state index in [4.69, 9.17) is 14.2 Å². The van der Waals surface area contributed by atoms with Crippen molar-refractivity contribution in [3.63, 3.8) is 0 Å². The zero-order chi connectivity index (χ0) is 22.8. The zero-order valence-corrected chi connectivity index (χ0v) is 18.6. The van der Waals surface area contributed by atoms with Crippen molar-refractivity contribution < 1.29 is 19.0 Å². The summed E-state index contributed by atoms with van der Waals surface area (Å²) in [5, 5.41) is 10.9. The zero-order valence-electron chi connectivity index (χ0n) is 18.6. The molecular formula is C23H29N5O4. The number of nitrogens with zero attached hydrogens (tertiary/aromatic N) is 4. The first-order valence-corrected chi connectivity index (χ1v) is 10.7. The number of aromatic nitrogens is 4. The summed E-state index contributed by atoms with van der Waals surface area (Å²) < 4.78 is 18.4. The van der Waals surface area contributed by atoms with E-state index in [1.807, 2.05) is 63.2 Å². The lowest BCUT2D eigenvalue weighted by Gasteiger charge is -2.16. The van der Waals surface area contributed by atoms with Gasteiger partial charge < -0.3 is 19.5 Å². The molecule has 0 aliphatic heterocycles. The van der Waals surface area contributed by atoms with Gasteiger partial charge in [-0.2, -0.15) is 0 Å². The fourth-order valence-corrected chi connectivity index (χ4v) is 3.04. The summed E-state index contributed by atoms with van der Waals surface area (Å²) in [6.07, 6.45) is 2.88.